The van der Waals surface area contributed by atoms with Crippen molar-refractivity contribution in [2.75, 3.05) is 72.4 Å². The monoisotopic (exact) mass is 1660 g/mol. The van der Waals surface area contributed by atoms with Gasteiger partial charge in [-0.15, -0.1) is 0 Å². The largest absolute Gasteiger partial charge is 0.442 e. The number of carbonyl (C=O) groups excluding carboxylic acids is 7. The van der Waals surface area contributed by atoms with E-state index in [-0.39, 0.29) is 89.8 Å². The summed E-state index contributed by atoms with van der Waals surface area (Å²) >= 11 is 0. The second-order valence-corrected chi connectivity index (χ2v) is 37.2. The topological polar surface area (TPSA) is 283 Å². The van der Waals surface area contributed by atoms with Crippen LogP contribution in [0.4, 0.5) is 14.4 Å². The molecule has 0 radical (unpaired) electrons. The fourth-order valence-corrected chi connectivity index (χ4v) is 19.0. The fraction of sp³-hybridized carbons (Fsp3) is 0.722. The molecular formula is C97H147N3O19. The number of epoxide rings is 3. The molecule has 22 nitrogen and oxygen atoms in total. The van der Waals surface area contributed by atoms with E-state index < -0.39 is 42.7 Å². The van der Waals surface area contributed by atoms with Gasteiger partial charge >= 0.3 is 18.3 Å². The minimum Gasteiger partial charge on any atom is -0.442 e. The number of aliphatic hydroxyl groups excluding tert-OH is 3. The number of hydrogen-bond acceptors (Lipinski definition) is 19. The molecule has 3 saturated carbocycles. The number of likely N-dealkylation sites (tertiary alicyclic amines) is 3. The summed E-state index contributed by atoms with van der Waals surface area (Å²) < 4.78 is 50.2. The first-order valence-corrected chi connectivity index (χ1v) is 44.9. The molecule has 9 aliphatic heterocycles. The summed E-state index contributed by atoms with van der Waals surface area (Å²) in [4.78, 5) is 91.8. The molecule has 664 valence electrons. The van der Waals surface area contributed by atoms with Gasteiger partial charge in [-0.05, 0) is 261 Å². The third-order valence-electron chi connectivity index (χ3n) is 27.5. The number of hydrogen-bond donors (Lipinski definition) is 3. The van der Waals surface area contributed by atoms with Crippen molar-refractivity contribution in [1.82, 2.24) is 14.7 Å². The second kappa shape index (κ2) is 45.8. The molecule has 0 aromatic heterocycles. The summed E-state index contributed by atoms with van der Waals surface area (Å²) in [6.07, 6.45) is 46.2. The maximum absolute atomic E-state index is 12.7. The molecule has 0 aromatic rings. The Labute approximate surface area is 711 Å². The predicted molar refractivity (Wildman–Crippen MR) is 461 cm³/mol. The number of rotatable bonds is 29. The van der Waals surface area contributed by atoms with Crippen LogP contribution < -0.4 is 0 Å². The first kappa shape index (κ1) is 96.4. The van der Waals surface area contributed by atoms with Crippen LogP contribution in [0.1, 0.15) is 238 Å². The van der Waals surface area contributed by atoms with Crippen LogP contribution in [0.2, 0.25) is 0 Å². The van der Waals surface area contributed by atoms with Gasteiger partial charge in [-0.1, -0.05) is 112 Å². The Hall–Kier alpha value is -6.47. The van der Waals surface area contributed by atoms with E-state index in [1.54, 1.807) is 71.9 Å². The average molecular weight is 1660 g/mol. The van der Waals surface area contributed by atoms with Crippen LogP contribution in [0.3, 0.4) is 0 Å². The first-order valence-electron chi connectivity index (χ1n) is 44.9. The molecule has 12 aliphatic rings. The molecule has 9 saturated heterocycles. The summed E-state index contributed by atoms with van der Waals surface area (Å²) in [6.45, 7) is 32.8. The van der Waals surface area contributed by atoms with E-state index in [9.17, 15) is 48.9 Å². The van der Waals surface area contributed by atoms with Gasteiger partial charge in [0.15, 0.2) is 17.3 Å². The van der Waals surface area contributed by atoms with Crippen molar-refractivity contribution >= 4 is 41.4 Å². The van der Waals surface area contributed by atoms with Gasteiger partial charge in [-0.3, -0.25) is 19.2 Å². The normalized spacial score (nSPS) is 35.0. The van der Waals surface area contributed by atoms with Crippen LogP contribution in [0, 0.1) is 59.2 Å². The predicted octanol–water partition coefficient (Wildman–Crippen LogP) is 16.7. The number of ketones is 4. The van der Waals surface area contributed by atoms with E-state index in [4.69, 9.17) is 42.6 Å². The molecule has 22 heteroatoms. The molecule has 3 spiro atoms. The Morgan fingerprint density at radius 3 is 1.13 bits per heavy atom. The van der Waals surface area contributed by atoms with Gasteiger partial charge in [-0.25, -0.2) is 14.4 Å². The average Bonchev–Trinajstić information content (AvgIpc) is 1.62. The molecule has 12 fully saturated rings. The zero-order valence-electron chi connectivity index (χ0n) is 72.9. The smallest absolute Gasteiger partial charge is 0.410 e. The summed E-state index contributed by atoms with van der Waals surface area (Å²) in [5.74, 6) is 4.77. The van der Waals surface area contributed by atoms with Gasteiger partial charge in [-0.2, -0.15) is 0 Å². The van der Waals surface area contributed by atoms with Crippen LogP contribution in [-0.2, 0) is 61.8 Å². The number of piperidine rings is 1. The molecule has 3 aliphatic carbocycles. The minimum atomic E-state index is -0.603. The van der Waals surface area contributed by atoms with Crippen molar-refractivity contribution < 1.29 is 91.5 Å². The summed E-state index contributed by atoms with van der Waals surface area (Å²) in [6, 6.07) is 0.0494. The van der Waals surface area contributed by atoms with Crippen molar-refractivity contribution in [2.45, 2.75) is 315 Å². The number of allylic oxidation sites excluding steroid dienone is 12. The summed E-state index contributed by atoms with van der Waals surface area (Å²) in [5, 5.41) is 31.5. The van der Waals surface area contributed by atoms with Gasteiger partial charge in [0.2, 0.25) is 0 Å². The summed E-state index contributed by atoms with van der Waals surface area (Å²) in [7, 11) is 0. The molecule has 0 bridgehead atoms. The van der Waals surface area contributed by atoms with Crippen molar-refractivity contribution in [3.05, 3.63) is 120 Å². The summed E-state index contributed by atoms with van der Waals surface area (Å²) in [5.41, 5.74) is 3.39. The van der Waals surface area contributed by atoms with Crippen LogP contribution in [0.15, 0.2) is 120 Å². The lowest BCUT2D eigenvalue weighted by molar-refractivity contribution is -0.120. The zero-order valence-corrected chi connectivity index (χ0v) is 72.9. The van der Waals surface area contributed by atoms with Crippen LogP contribution in [0.25, 0.3) is 0 Å². The number of aliphatic hydroxyl groups is 3. The number of amides is 3. The van der Waals surface area contributed by atoms with Crippen LogP contribution in [-0.4, -0.2) is 222 Å². The molecule has 9 heterocycles. The quantitative estimate of drug-likeness (QED) is 0.0206. The van der Waals surface area contributed by atoms with Gasteiger partial charge in [0, 0.05) is 77.2 Å². The SMILES string of the molecule is C.C=C(C)C1CCCN1C(=O)O[C@@H](C)/C=C\C(=O)C[C@@H]1CC[C@H](C/C=C(C)/C=C/C2OCC[C@@]3(CO3)[C@@H]2O)C[C@@H]1C.CC(/C=C/C1OCC[C@@]2(CO2)[C@@H]1O)=C\C[C@H]1CC[C@@H](CC(=O)/C=C\[C@H](C)OC(=O)N2CCCCC2)[C@@H](C)C1.CC(=O)C1CCN(C(=O)O[C@@H](C)/C=C\C(=O)C[C@@H]2CC[C@H](C/C=C(C)/C=C/C3OCC[C@@]4(CO4)[C@@H]3O)C[C@@H]2C)C1. The van der Waals surface area contributed by atoms with E-state index in [2.05, 4.69) is 78.5 Å². The molecule has 3 amide bonds. The highest BCUT2D eigenvalue weighted by atomic mass is 16.6. The molecular weight excluding hydrogens is 1510 g/mol. The highest BCUT2D eigenvalue weighted by molar-refractivity contribution is 5.91. The molecule has 3 N–H and O–H groups in total. The minimum absolute atomic E-state index is 0. The van der Waals surface area contributed by atoms with Crippen LogP contribution >= 0.6 is 0 Å². The molecule has 12 rings (SSSR count). The Bertz CT molecular complexity index is 3660. The molecule has 5 unspecified atom stereocenters. The Kier molecular flexibility index (Phi) is 37.1. The van der Waals surface area contributed by atoms with Crippen molar-refractivity contribution in [3.8, 4) is 0 Å². The lowest BCUT2D eigenvalue weighted by atomic mass is 9.72. The Morgan fingerprint density at radius 2 is 0.807 bits per heavy atom. The molecule has 119 heavy (non-hydrogen) atoms. The maximum Gasteiger partial charge on any atom is 0.410 e. The second-order valence-electron chi connectivity index (χ2n) is 37.2. The van der Waals surface area contributed by atoms with E-state index in [0.29, 0.717) is 138 Å². The standard InChI is InChI=1S/C33H49NO6.C32H47NO7.C31H47NO6.CH4/c1-22(2)29-7-6-17-34(29)32(37)40-25(5)10-14-28(35)20-27-13-12-26(19-24(27)4)11-8-23(3)9-15-30-31(36)33(21-39-33)16-18-38-30;1-21(6-12-29-30(36)32(20-39-32)14-16-38-29)5-8-25-9-10-26(22(2)17-25)18-28(35)11-7-23(3)40-31(37)33-15-13-27(19-33)24(4)34;1-22(8-14-28-29(34)31(21-37-31)15-18-36-28)7-10-25-11-12-26(23(2)19-25)20-27(33)13-9-24(3)38-30(35)32-16-5-4-6-17-32;/h8-10,14-15,24-27,29-31,36H,1,6-7,11-13,16-21H2,2-5H3;5-7,11-12,22-23,25-27,29-30,36H,8-10,13-20H2,1-4H3;7-9,13-14,23-26,28-29,34H,4-6,10-12,15-21H2,1-3H3;1H4/b14-10-,15-9+,23-8+;11-7-,12-6+,21-5+;13-9-,14-8+,22-7+;/t24-,25-,26-,27-,29?,30?,31+,33+;22-,23-,25-,26-,27?,29?,30+,32+;23-,24-,25-,26-,28?,29+,31+;/m000./s1. The lowest BCUT2D eigenvalue weighted by Gasteiger charge is -2.33. The van der Waals surface area contributed by atoms with Gasteiger partial charge in [0.25, 0.3) is 0 Å². The third kappa shape index (κ3) is 29.1. The molecule has 23 atom stereocenters. The highest BCUT2D eigenvalue weighted by Crippen LogP contribution is 2.45. The van der Waals surface area contributed by atoms with Gasteiger partial charge in [0.05, 0.1) is 45.7 Å². The van der Waals surface area contributed by atoms with E-state index in [1.807, 2.05) is 38.2 Å². The third-order valence-corrected chi connectivity index (χ3v) is 27.5. The highest BCUT2D eigenvalue weighted by Gasteiger charge is 2.58. The Morgan fingerprint density at radius 1 is 0.454 bits per heavy atom. The van der Waals surface area contributed by atoms with Gasteiger partial charge in [0.1, 0.15) is 77.5 Å². The zero-order chi connectivity index (χ0) is 84.8. The molecule has 0 aromatic carbocycles. The van der Waals surface area contributed by atoms with Gasteiger partial charge < -0.3 is 72.7 Å². The number of nitrogens with zero attached hydrogens (tertiary/aromatic N) is 3. The van der Waals surface area contributed by atoms with Crippen molar-refractivity contribution in [3.63, 3.8) is 0 Å². The maximum atomic E-state index is 12.7. The van der Waals surface area contributed by atoms with Crippen molar-refractivity contribution in [2.24, 2.45) is 59.2 Å². The Balaban J connectivity index is 0.000000203. The van der Waals surface area contributed by atoms with Crippen molar-refractivity contribution in [1.29, 1.82) is 0 Å². The van der Waals surface area contributed by atoms with E-state index in [1.165, 1.54) is 23.1 Å². The number of Topliss-reactive ketones (excluding diaryl/α,β-unsaturated/α-hetero) is 1. The van der Waals surface area contributed by atoms with E-state index >= 15 is 0 Å². The van der Waals surface area contributed by atoms with Crippen LogP contribution in [0.5, 0.6) is 0 Å². The number of ether oxygens (including phenoxy) is 9. The fourth-order valence-electron chi connectivity index (χ4n) is 19.0. The van der Waals surface area contributed by atoms with E-state index in [0.717, 1.165) is 141 Å². The first-order chi connectivity index (χ1) is 56.4. The number of carbonyl (C=O) groups is 7. The lowest BCUT2D eigenvalue weighted by Crippen LogP contribution is -2.46.